The van der Waals surface area contributed by atoms with Crippen LogP contribution in [0.4, 0.5) is 0 Å². The minimum atomic E-state index is -1.07. The summed E-state index contributed by atoms with van der Waals surface area (Å²) in [4.78, 5) is 26.8. The van der Waals surface area contributed by atoms with Gasteiger partial charge in [0.2, 0.25) is 5.91 Å². The zero-order valence-corrected chi connectivity index (χ0v) is 12.1. The van der Waals surface area contributed by atoms with E-state index in [9.17, 15) is 9.59 Å². The molecule has 1 fully saturated rings. The van der Waals surface area contributed by atoms with E-state index >= 15 is 0 Å². The number of hydrogen-bond acceptors (Lipinski definition) is 4. The van der Waals surface area contributed by atoms with Crippen molar-refractivity contribution < 1.29 is 14.7 Å². The number of carboxylic acid groups (broad SMARTS) is 1. The van der Waals surface area contributed by atoms with Gasteiger partial charge < -0.3 is 16.2 Å². The molecule has 2 unspecified atom stereocenters. The first-order valence-corrected chi connectivity index (χ1v) is 7.16. The number of aromatic nitrogens is 1. The van der Waals surface area contributed by atoms with Crippen LogP contribution in [0.25, 0.3) is 0 Å². The normalized spacial score (nSPS) is 25.3. The van der Waals surface area contributed by atoms with E-state index in [1.807, 2.05) is 0 Å². The number of pyridine rings is 1. The van der Waals surface area contributed by atoms with Crippen LogP contribution >= 0.6 is 0 Å². The standard InChI is InChI=1S/C15H21N3O3/c1-10-3-2-6-15(16,7-10)14(21)18-9-11-4-5-12(13(19)20)17-8-11/h4-5,8,10H,2-3,6-7,9,16H2,1H3,(H,18,21)(H,19,20). The van der Waals surface area contributed by atoms with Gasteiger partial charge in [0.25, 0.3) is 0 Å². The Balaban J connectivity index is 1.92. The summed E-state index contributed by atoms with van der Waals surface area (Å²) in [5.41, 5.74) is 6.17. The molecule has 1 saturated carbocycles. The third kappa shape index (κ3) is 3.78. The minimum Gasteiger partial charge on any atom is -0.477 e. The van der Waals surface area contributed by atoms with Gasteiger partial charge in [-0.2, -0.15) is 0 Å². The molecule has 114 valence electrons. The molecular weight excluding hydrogens is 270 g/mol. The lowest BCUT2D eigenvalue weighted by molar-refractivity contribution is -0.128. The fourth-order valence-electron chi connectivity index (χ4n) is 2.81. The van der Waals surface area contributed by atoms with Gasteiger partial charge in [-0.3, -0.25) is 4.79 Å². The molecule has 4 N–H and O–H groups in total. The van der Waals surface area contributed by atoms with Gasteiger partial charge in [0.15, 0.2) is 0 Å². The number of nitrogens with one attached hydrogen (secondary N) is 1. The number of carbonyl (C=O) groups excluding carboxylic acids is 1. The highest BCUT2D eigenvalue weighted by molar-refractivity contribution is 5.86. The van der Waals surface area contributed by atoms with Gasteiger partial charge >= 0.3 is 5.97 Å². The van der Waals surface area contributed by atoms with Crippen molar-refractivity contribution in [2.75, 3.05) is 0 Å². The van der Waals surface area contributed by atoms with E-state index in [1.54, 1.807) is 6.07 Å². The Hall–Kier alpha value is -1.95. The van der Waals surface area contributed by atoms with Crippen LogP contribution in [0.15, 0.2) is 18.3 Å². The molecule has 0 aromatic carbocycles. The average Bonchev–Trinajstić information content (AvgIpc) is 2.44. The average molecular weight is 291 g/mol. The Morgan fingerprint density at radius 3 is 2.86 bits per heavy atom. The van der Waals surface area contributed by atoms with E-state index in [4.69, 9.17) is 10.8 Å². The summed E-state index contributed by atoms with van der Waals surface area (Å²) >= 11 is 0. The molecule has 0 bridgehead atoms. The van der Waals surface area contributed by atoms with Gasteiger partial charge in [0, 0.05) is 12.7 Å². The molecule has 1 aromatic rings. The molecule has 0 saturated heterocycles. The molecule has 21 heavy (non-hydrogen) atoms. The quantitative estimate of drug-likeness (QED) is 0.775. The monoisotopic (exact) mass is 291 g/mol. The molecule has 0 aliphatic heterocycles. The number of hydrogen-bond donors (Lipinski definition) is 3. The Morgan fingerprint density at radius 2 is 2.29 bits per heavy atom. The molecule has 0 spiro atoms. The smallest absolute Gasteiger partial charge is 0.354 e. The van der Waals surface area contributed by atoms with E-state index in [2.05, 4.69) is 17.2 Å². The first-order valence-electron chi connectivity index (χ1n) is 7.16. The number of rotatable bonds is 4. The highest BCUT2D eigenvalue weighted by atomic mass is 16.4. The first kappa shape index (κ1) is 15.4. The second-order valence-electron chi connectivity index (χ2n) is 5.90. The van der Waals surface area contributed by atoms with Crippen LogP contribution in [-0.2, 0) is 11.3 Å². The molecular formula is C15H21N3O3. The van der Waals surface area contributed by atoms with Crippen LogP contribution in [-0.4, -0.2) is 27.5 Å². The van der Waals surface area contributed by atoms with E-state index in [-0.39, 0.29) is 11.6 Å². The second kappa shape index (κ2) is 6.22. The third-order valence-electron chi connectivity index (χ3n) is 3.98. The maximum atomic E-state index is 12.3. The largest absolute Gasteiger partial charge is 0.477 e. The van der Waals surface area contributed by atoms with Crippen LogP contribution in [0.1, 0.15) is 48.7 Å². The third-order valence-corrected chi connectivity index (χ3v) is 3.98. The lowest BCUT2D eigenvalue weighted by atomic mass is 9.76. The number of carboxylic acids is 1. The van der Waals surface area contributed by atoms with Crippen LogP contribution in [0, 0.1) is 5.92 Å². The SMILES string of the molecule is CC1CCCC(N)(C(=O)NCc2ccc(C(=O)O)nc2)C1. The van der Waals surface area contributed by atoms with Gasteiger partial charge in [-0.15, -0.1) is 0 Å². The van der Waals surface area contributed by atoms with E-state index < -0.39 is 11.5 Å². The molecule has 2 rings (SSSR count). The zero-order valence-electron chi connectivity index (χ0n) is 12.1. The Kier molecular flexibility index (Phi) is 4.57. The van der Waals surface area contributed by atoms with Gasteiger partial charge in [-0.1, -0.05) is 25.8 Å². The highest BCUT2D eigenvalue weighted by Gasteiger charge is 2.37. The topological polar surface area (TPSA) is 105 Å². The summed E-state index contributed by atoms with van der Waals surface area (Å²) in [7, 11) is 0. The van der Waals surface area contributed by atoms with Crippen molar-refractivity contribution in [2.45, 2.75) is 44.7 Å². The number of nitrogens with zero attached hydrogens (tertiary/aromatic N) is 1. The second-order valence-corrected chi connectivity index (χ2v) is 5.90. The summed E-state index contributed by atoms with van der Waals surface area (Å²) in [5, 5.41) is 11.6. The maximum Gasteiger partial charge on any atom is 0.354 e. The summed E-state index contributed by atoms with van der Waals surface area (Å²) in [6.45, 7) is 2.42. The number of amides is 1. The van der Waals surface area contributed by atoms with Gasteiger partial charge in [0.1, 0.15) is 5.69 Å². The maximum absolute atomic E-state index is 12.3. The molecule has 1 aliphatic rings. The summed E-state index contributed by atoms with van der Waals surface area (Å²) < 4.78 is 0. The zero-order chi connectivity index (χ0) is 15.5. The summed E-state index contributed by atoms with van der Waals surface area (Å²) in [6, 6.07) is 3.06. The van der Waals surface area contributed by atoms with Crippen molar-refractivity contribution >= 4 is 11.9 Å². The molecule has 1 heterocycles. The summed E-state index contributed by atoms with van der Waals surface area (Å²) in [6.07, 6.45) is 4.96. The molecule has 1 amide bonds. The van der Waals surface area contributed by atoms with Crippen LogP contribution < -0.4 is 11.1 Å². The van der Waals surface area contributed by atoms with E-state index in [0.717, 1.165) is 18.4 Å². The summed E-state index contributed by atoms with van der Waals surface area (Å²) in [5.74, 6) is -0.745. The Morgan fingerprint density at radius 1 is 1.52 bits per heavy atom. The molecule has 1 aromatic heterocycles. The van der Waals surface area contributed by atoms with Gasteiger partial charge in [0.05, 0.1) is 5.54 Å². The number of aromatic carboxylic acids is 1. The number of carbonyl (C=O) groups is 2. The molecule has 2 atom stereocenters. The van der Waals surface area contributed by atoms with Crippen molar-refractivity contribution in [1.29, 1.82) is 0 Å². The predicted octanol–water partition coefficient (Wildman–Crippen LogP) is 1.30. The fraction of sp³-hybridized carbons (Fsp3) is 0.533. The Bertz CT molecular complexity index is 529. The van der Waals surface area contributed by atoms with Crippen molar-refractivity contribution in [3.8, 4) is 0 Å². The molecule has 1 aliphatic carbocycles. The fourth-order valence-corrected chi connectivity index (χ4v) is 2.81. The van der Waals surface area contributed by atoms with Crippen LogP contribution in [0.3, 0.4) is 0 Å². The Labute approximate surface area is 123 Å². The lowest BCUT2D eigenvalue weighted by Gasteiger charge is -2.35. The molecule has 6 nitrogen and oxygen atoms in total. The van der Waals surface area contributed by atoms with E-state index in [0.29, 0.717) is 25.3 Å². The molecule has 6 heteroatoms. The van der Waals surface area contributed by atoms with Crippen molar-refractivity contribution in [1.82, 2.24) is 10.3 Å². The van der Waals surface area contributed by atoms with Crippen LogP contribution in [0.5, 0.6) is 0 Å². The minimum absolute atomic E-state index is 0.0125. The van der Waals surface area contributed by atoms with Gasteiger partial charge in [-0.05, 0) is 30.4 Å². The van der Waals surface area contributed by atoms with Crippen molar-refractivity contribution in [3.63, 3.8) is 0 Å². The highest BCUT2D eigenvalue weighted by Crippen LogP contribution is 2.30. The number of nitrogens with two attached hydrogens (primary N) is 1. The van der Waals surface area contributed by atoms with Crippen LogP contribution in [0.2, 0.25) is 0 Å². The lowest BCUT2D eigenvalue weighted by Crippen LogP contribution is -2.56. The first-order chi connectivity index (χ1) is 9.90. The predicted molar refractivity (Wildman–Crippen MR) is 77.6 cm³/mol. The van der Waals surface area contributed by atoms with E-state index in [1.165, 1.54) is 12.3 Å². The van der Waals surface area contributed by atoms with Crippen molar-refractivity contribution in [2.24, 2.45) is 11.7 Å². The molecule has 0 radical (unpaired) electrons. The van der Waals surface area contributed by atoms with Crippen molar-refractivity contribution in [3.05, 3.63) is 29.6 Å². The van der Waals surface area contributed by atoms with Gasteiger partial charge in [-0.25, -0.2) is 9.78 Å².